The Morgan fingerprint density at radius 2 is 2.23 bits per heavy atom. The van der Waals surface area contributed by atoms with E-state index in [1.165, 1.54) is 0 Å². The van der Waals surface area contributed by atoms with Crippen LogP contribution < -0.4 is 11.1 Å². The summed E-state index contributed by atoms with van der Waals surface area (Å²) in [6.07, 6.45) is 4.86. The number of hydrogen-bond acceptors (Lipinski definition) is 3. The van der Waals surface area contributed by atoms with E-state index in [4.69, 9.17) is 17.3 Å². The van der Waals surface area contributed by atoms with E-state index in [0.29, 0.717) is 23.9 Å². The smallest absolute Gasteiger partial charge is 0.323 e. The molecule has 8 heteroatoms. The van der Waals surface area contributed by atoms with Gasteiger partial charge >= 0.3 is 6.03 Å². The molecule has 2 amide bonds. The summed E-state index contributed by atoms with van der Waals surface area (Å²) in [4.78, 5) is 14.6. The molecule has 1 atom stereocenters. The Bertz CT molecular complexity index is 749. The first-order valence-corrected chi connectivity index (χ1v) is 9.01. The fourth-order valence-corrected chi connectivity index (χ4v) is 3.47. The number of carbonyl (C=O) groups excluding carboxylic acids is 1. The van der Waals surface area contributed by atoms with Crippen LogP contribution in [0.25, 0.3) is 0 Å². The van der Waals surface area contributed by atoms with Crippen molar-refractivity contribution >= 4 is 35.9 Å². The summed E-state index contributed by atoms with van der Waals surface area (Å²) in [5.74, 6) is 0.714. The van der Waals surface area contributed by atoms with Gasteiger partial charge in [-0.3, -0.25) is 5.32 Å². The Kier molecular flexibility index (Phi) is 7.32. The maximum absolute atomic E-state index is 12.7. The van der Waals surface area contributed by atoms with Crippen molar-refractivity contribution in [2.24, 2.45) is 5.73 Å². The Morgan fingerprint density at radius 1 is 1.42 bits per heavy atom. The van der Waals surface area contributed by atoms with E-state index < -0.39 is 0 Å². The molecule has 1 aromatic heterocycles. The summed E-state index contributed by atoms with van der Waals surface area (Å²) in [7, 11) is 0. The van der Waals surface area contributed by atoms with Crippen LogP contribution in [-0.4, -0.2) is 39.8 Å². The standard InChI is InChI=1S/C18H24ClN5O.ClH/c1-13-11-21-24(12-14-5-4-6-15(19)9-14)17(13)22-18(25)23-8-3-2-7-16(23)10-20;/h4-6,9,11,16H,2-3,7-8,10,12,20H2,1H3,(H,22,25);1H. The zero-order valence-electron chi connectivity index (χ0n) is 14.8. The van der Waals surface area contributed by atoms with Crippen molar-refractivity contribution in [1.82, 2.24) is 14.7 Å². The van der Waals surface area contributed by atoms with Crippen LogP contribution in [0, 0.1) is 6.92 Å². The normalized spacial score (nSPS) is 16.9. The summed E-state index contributed by atoms with van der Waals surface area (Å²) in [5.41, 5.74) is 7.79. The second-order valence-corrected chi connectivity index (χ2v) is 6.91. The zero-order chi connectivity index (χ0) is 17.8. The van der Waals surface area contributed by atoms with Gasteiger partial charge in [0.15, 0.2) is 0 Å². The van der Waals surface area contributed by atoms with Gasteiger partial charge in [0.2, 0.25) is 0 Å². The number of amides is 2. The number of aromatic nitrogens is 2. The minimum atomic E-state index is -0.105. The average molecular weight is 398 g/mol. The van der Waals surface area contributed by atoms with E-state index in [9.17, 15) is 4.79 Å². The molecular formula is C18H25Cl2N5O. The molecule has 3 rings (SSSR count). The average Bonchev–Trinajstić information content (AvgIpc) is 2.95. The number of rotatable bonds is 4. The van der Waals surface area contributed by atoms with Gasteiger partial charge in [0.25, 0.3) is 0 Å². The minimum absolute atomic E-state index is 0. The number of nitrogens with two attached hydrogens (primary N) is 1. The molecule has 2 aromatic rings. The number of piperidine rings is 1. The third kappa shape index (κ3) is 4.69. The second kappa shape index (κ2) is 9.26. The minimum Gasteiger partial charge on any atom is -0.328 e. The van der Waals surface area contributed by atoms with Crippen LogP contribution in [0.2, 0.25) is 5.02 Å². The third-order valence-electron chi connectivity index (χ3n) is 4.63. The third-order valence-corrected chi connectivity index (χ3v) is 4.86. The Balaban J connectivity index is 0.00000243. The van der Waals surface area contributed by atoms with Crippen LogP contribution >= 0.6 is 24.0 Å². The molecule has 1 aliphatic heterocycles. The van der Waals surface area contributed by atoms with Crippen molar-refractivity contribution < 1.29 is 4.79 Å². The molecule has 0 bridgehead atoms. The Hall–Kier alpha value is -1.76. The first-order chi connectivity index (χ1) is 12.1. The van der Waals surface area contributed by atoms with Gasteiger partial charge in [0, 0.05) is 29.7 Å². The van der Waals surface area contributed by atoms with Crippen LogP contribution in [0.5, 0.6) is 0 Å². The summed E-state index contributed by atoms with van der Waals surface area (Å²) < 4.78 is 1.79. The van der Waals surface area contributed by atoms with E-state index >= 15 is 0 Å². The van der Waals surface area contributed by atoms with Gasteiger partial charge in [-0.1, -0.05) is 23.7 Å². The summed E-state index contributed by atoms with van der Waals surface area (Å²) in [6.45, 7) is 3.72. The van der Waals surface area contributed by atoms with Gasteiger partial charge in [0.05, 0.1) is 12.7 Å². The number of anilines is 1. The first kappa shape index (κ1) is 20.6. The van der Waals surface area contributed by atoms with Gasteiger partial charge in [-0.05, 0) is 43.9 Å². The molecular weight excluding hydrogens is 373 g/mol. The maximum atomic E-state index is 12.7. The number of urea groups is 1. The molecule has 0 spiro atoms. The van der Waals surface area contributed by atoms with Gasteiger partial charge < -0.3 is 10.6 Å². The van der Waals surface area contributed by atoms with E-state index in [1.807, 2.05) is 36.1 Å². The molecule has 1 aromatic carbocycles. The van der Waals surface area contributed by atoms with Crippen LogP contribution in [0.1, 0.15) is 30.4 Å². The van der Waals surface area contributed by atoms with E-state index in [2.05, 4.69) is 10.4 Å². The number of nitrogens with zero attached hydrogens (tertiary/aromatic N) is 3. The molecule has 26 heavy (non-hydrogen) atoms. The SMILES string of the molecule is Cc1cnn(Cc2cccc(Cl)c2)c1NC(=O)N1CCCCC1CN.Cl. The number of benzene rings is 1. The van der Waals surface area contributed by atoms with Gasteiger partial charge in [0.1, 0.15) is 5.82 Å². The van der Waals surface area contributed by atoms with Crippen molar-refractivity contribution in [3.8, 4) is 0 Å². The first-order valence-electron chi connectivity index (χ1n) is 8.63. The maximum Gasteiger partial charge on any atom is 0.323 e. The Labute approximate surface area is 165 Å². The molecule has 0 saturated carbocycles. The van der Waals surface area contributed by atoms with E-state index in [0.717, 1.165) is 36.9 Å². The fourth-order valence-electron chi connectivity index (χ4n) is 3.26. The molecule has 0 radical (unpaired) electrons. The summed E-state index contributed by atoms with van der Waals surface area (Å²) >= 11 is 6.06. The molecule has 2 heterocycles. The van der Waals surface area contributed by atoms with Gasteiger partial charge in [-0.25, -0.2) is 9.48 Å². The fraction of sp³-hybridized carbons (Fsp3) is 0.444. The van der Waals surface area contributed by atoms with Crippen LogP contribution in [0.15, 0.2) is 30.5 Å². The number of hydrogen-bond donors (Lipinski definition) is 2. The highest BCUT2D eigenvalue weighted by Gasteiger charge is 2.26. The van der Waals surface area contributed by atoms with Crippen molar-refractivity contribution in [2.75, 3.05) is 18.4 Å². The van der Waals surface area contributed by atoms with Crippen LogP contribution in [0.3, 0.4) is 0 Å². The number of likely N-dealkylation sites (tertiary alicyclic amines) is 1. The van der Waals surface area contributed by atoms with Crippen molar-refractivity contribution in [1.29, 1.82) is 0 Å². The molecule has 1 unspecified atom stereocenters. The monoisotopic (exact) mass is 397 g/mol. The molecule has 142 valence electrons. The lowest BCUT2D eigenvalue weighted by atomic mass is 10.0. The predicted molar refractivity (Wildman–Crippen MR) is 107 cm³/mol. The van der Waals surface area contributed by atoms with Crippen molar-refractivity contribution in [2.45, 2.75) is 38.8 Å². The summed E-state index contributed by atoms with van der Waals surface area (Å²) in [6, 6.07) is 7.64. The molecule has 1 aliphatic rings. The van der Waals surface area contributed by atoms with Gasteiger partial charge in [-0.2, -0.15) is 5.10 Å². The molecule has 1 saturated heterocycles. The Morgan fingerprint density at radius 3 is 2.96 bits per heavy atom. The number of carbonyl (C=O) groups is 1. The lowest BCUT2D eigenvalue weighted by Gasteiger charge is -2.35. The second-order valence-electron chi connectivity index (χ2n) is 6.47. The quantitative estimate of drug-likeness (QED) is 0.825. The highest BCUT2D eigenvalue weighted by molar-refractivity contribution is 6.30. The molecule has 1 fully saturated rings. The number of nitrogens with one attached hydrogen (secondary N) is 1. The molecule has 6 nitrogen and oxygen atoms in total. The van der Waals surface area contributed by atoms with E-state index in [-0.39, 0.29) is 24.5 Å². The highest BCUT2D eigenvalue weighted by Crippen LogP contribution is 2.21. The number of aryl methyl sites for hydroxylation is 1. The van der Waals surface area contributed by atoms with E-state index in [1.54, 1.807) is 10.9 Å². The van der Waals surface area contributed by atoms with Crippen LogP contribution in [-0.2, 0) is 6.54 Å². The van der Waals surface area contributed by atoms with Crippen LogP contribution in [0.4, 0.5) is 10.6 Å². The lowest BCUT2D eigenvalue weighted by molar-refractivity contribution is 0.165. The predicted octanol–water partition coefficient (Wildman–Crippen LogP) is 3.66. The largest absolute Gasteiger partial charge is 0.328 e. The lowest BCUT2D eigenvalue weighted by Crippen LogP contribution is -2.49. The highest BCUT2D eigenvalue weighted by atomic mass is 35.5. The topological polar surface area (TPSA) is 76.2 Å². The number of halogens is 2. The summed E-state index contributed by atoms with van der Waals surface area (Å²) in [5, 5.41) is 8.11. The van der Waals surface area contributed by atoms with Crippen molar-refractivity contribution in [3.63, 3.8) is 0 Å². The van der Waals surface area contributed by atoms with Gasteiger partial charge in [-0.15, -0.1) is 12.4 Å². The molecule has 3 N–H and O–H groups in total. The van der Waals surface area contributed by atoms with Crippen molar-refractivity contribution in [3.05, 3.63) is 46.6 Å². The zero-order valence-corrected chi connectivity index (χ0v) is 16.4. The molecule has 0 aliphatic carbocycles.